The molecule has 1 heterocycles. The molecular weight excluding hydrogens is 274 g/mol. The van der Waals surface area contributed by atoms with Gasteiger partial charge in [-0.3, -0.25) is 0 Å². The summed E-state index contributed by atoms with van der Waals surface area (Å²) in [6.45, 7) is 5.30. The Bertz CT molecular complexity index is 521. The lowest BCUT2D eigenvalue weighted by Crippen LogP contribution is -2.21. The van der Waals surface area contributed by atoms with Crippen LogP contribution in [0.3, 0.4) is 0 Å². The Labute approximate surface area is 124 Å². The molecule has 1 atom stereocenters. The van der Waals surface area contributed by atoms with Crippen molar-refractivity contribution < 1.29 is 0 Å². The topological polar surface area (TPSA) is 12.0 Å². The molecule has 1 unspecified atom stereocenters. The summed E-state index contributed by atoms with van der Waals surface area (Å²) in [5.74, 6) is 0. The van der Waals surface area contributed by atoms with E-state index in [4.69, 9.17) is 11.6 Å². The van der Waals surface area contributed by atoms with Crippen molar-refractivity contribution >= 4 is 22.9 Å². The second kappa shape index (κ2) is 7.09. The summed E-state index contributed by atoms with van der Waals surface area (Å²) < 4.78 is 0.850. The zero-order valence-corrected chi connectivity index (χ0v) is 13.0. The van der Waals surface area contributed by atoms with E-state index in [1.54, 1.807) is 11.3 Å². The minimum atomic E-state index is 0.249. The van der Waals surface area contributed by atoms with Crippen LogP contribution in [0.25, 0.3) is 0 Å². The lowest BCUT2D eigenvalue weighted by atomic mass is 10.0. The molecule has 0 bridgehead atoms. The number of hydrogen-bond acceptors (Lipinski definition) is 2. The molecule has 1 aromatic heterocycles. The Morgan fingerprint density at radius 1 is 1.21 bits per heavy atom. The maximum atomic E-state index is 6.06. The summed E-state index contributed by atoms with van der Waals surface area (Å²) in [4.78, 5) is 1.28. The smallest absolute Gasteiger partial charge is 0.0931 e. The van der Waals surface area contributed by atoms with Gasteiger partial charge in [-0.15, -0.1) is 11.3 Å². The maximum absolute atomic E-state index is 6.06. The molecule has 2 rings (SSSR count). The van der Waals surface area contributed by atoms with Gasteiger partial charge >= 0.3 is 0 Å². The monoisotopic (exact) mass is 293 g/mol. The summed E-state index contributed by atoms with van der Waals surface area (Å²) >= 11 is 7.72. The zero-order chi connectivity index (χ0) is 13.7. The van der Waals surface area contributed by atoms with E-state index in [9.17, 15) is 0 Å². The van der Waals surface area contributed by atoms with Crippen LogP contribution in [0.5, 0.6) is 0 Å². The van der Waals surface area contributed by atoms with Crippen LogP contribution in [0.4, 0.5) is 0 Å². The normalized spacial score (nSPS) is 12.6. The summed E-state index contributed by atoms with van der Waals surface area (Å²) in [6.07, 6.45) is 2.32. The molecule has 0 amide bonds. The van der Waals surface area contributed by atoms with Crippen molar-refractivity contribution in [1.82, 2.24) is 5.32 Å². The number of halogens is 1. The Balaban J connectivity index is 2.30. The van der Waals surface area contributed by atoms with Crippen LogP contribution in [-0.4, -0.2) is 6.54 Å². The summed E-state index contributed by atoms with van der Waals surface area (Å²) in [6, 6.07) is 13.2. The van der Waals surface area contributed by atoms with Crippen molar-refractivity contribution in [3.8, 4) is 0 Å². The summed E-state index contributed by atoms with van der Waals surface area (Å²) in [7, 11) is 0. The molecule has 19 heavy (non-hydrogen) atoms. The summed E-state index contributed by atoms with van der Waals surface area (Å²) in [5, 5.41) is 3.55. The average Bonchev–Trinajstić information content (AvgIpc) is 2.83. The molecule has 1 aromatic carbocycles. The lowest BCUT2D eigenvalue weighted by molar-refractivity contribution is 0.639. The van der Waals surface area contributed by atoms with Crippen LogP contribution in [0.2, 0.25) is 4.34 Å². The van der Waals surface area contributed by atoms with Gasteiger partial charge in [0, 0.05) is 4.88 Å². The van der Waals surface area contributed by atoms with Gasteiger partial charge in [0.1, 0.15) is 0 Å². The maximum Gasteiger partial charge on any atom is 0.0931 e. The van der Waals surface area contributed by atoms with Gasteiger partial charge in [0.25, 0.3) is 0 Å². The van der Waals surface area contributed by atoms with Gasteiger partial charge in [-0.2, -0.15) is 0 Å². The van der Waals surface area contributed by atoms with Crippen LogP contribution >= 0.6 is 22.9 Å². The predicted octanol–water partition coefficient (Wildman–Crippen LogP) is 5.05. The highest BCUT2D eigenvalue weighted by Gasteiger charge is 2.15. The van der Waals surface area contributed by atoms with E-state index in [2.05, 4.69) is 49.5 Å². The molecule has 0 aliphatic heterocycles. The first-order valence-corrected chi connectivity index (χ1v) is 8.01. The Hall–Kier alpha value is -0.830. The van der Waals surface area contributed by atoms with Gasteiger partial charge in [0.05, 0.1) is 10.4 Å². The third-order valence-electron chi connectivity index (χ3n) is 3.11. The highest BCUT2D eigenvalue weighted by atomic mass is 35.5. The molecule has 0 fully saturated rings. The standard InChI is InChI=1S/C16H20ClNS/c1-3-6-12-7-5-8-13(11-12)16(18-4-2)14-9-10-15(17)19-14/h5,7-11,16,18H,3-4,6H2,1-2H3. The van der Waals surface area contributed by atoms with Gasteiger partial charge in [0.2, 0.25) is 0 Å². The largest absolute Gasteiger partial charge is 0.306 e. The first-order chi connectivity index (χ1) is 9.24. The van der Waals surface area contributed by atoms with Gasteiger partial charge < -0.3 is 5.32 Å². The number of rotatable bonds is 6. The Morgan fingerprint density at radius 2 is 2.05 bits per heavy atom. The van der Waals surface area contributed by atoms with Crippen LogP contribution in [0.1, 0.15) is 42.3 Å². The van der Waals surface area contributed by atoms with Crippen molar-refractivity contribution in [3.63, 3.8) is 0 Å². The van der Waals surface area contributed by atoms with E-state index in [0.29, 0.717) is 0 Å². The molecule has 1 N–H and O–H groups in total. The van der Waals surface area contributed by atoms with Crippen molar-refractivity contribution in [3.05, 3.63) is 56.7 Å². The van der Waals surface area contributed by atoms with E-state index in [1.807, 2.05) is 6.07 Å². The summed E-state index contributed by atoms with van der Waals surface area (Å²) in [5.41, 5.74) is 2.73. The van der Waals surface area contributed by atoms with E-state index in [0.717, 1.165) is 17.3 Å². The van der Waals surface area contributed by atoms with Crippen molar-refractivity contribution in [2.45, 2.75) is 32.7 Å². The molecule has 0 radical (unpaired) electrons. The van der Waals surface area contributed by atoms with E-state index in [1.165, 1.54) is 22.4 Å². The van der Waals surface area contributed by atoms with Gasteiger partial charge in [-0.25, -0.2) is 0 Å². The van der Waals surface area contributed by atoms with E-state index in [-0.39, 0.29) is 6.04 Å². The molecule has 0 saturated heterocycles. The molecule has 0 aliphatic rings. The van der Waals surface area contributed by atoms with E-state index >= 15 is 0 Å². The van der Waals surface area contributed by atoms with Crippen LogP contribution < -0.4 is 5.32 Å². The molecule has 2 aromatic rings. The molecular formula is C16H20ClNS. The third kappa shape index (κ3) is 3.82. The number of benzene rings is 1. The highest BCUT2D eigenvalue weighted by molar-refractivity contribution is 7.16. The van der Waals surface area contributed by atoms with Crippen molar-refractivity contribution in [1.29, 1.82) is 0 Å². The zero-order valence-electron chi connectivity index (χ0n) is 11.4. The number of nitrogens with one attached hydrogen (secondary N) is 1. The molecule has 102 valence electrons. The predicted molar refractivity (Wildman–Crippen MR) is 85.3 cm³/mol. The van der Waals surface area contributed by atoms with Crippen LogP contribution in [-0.2, 0) is 6.42 Å². The second-order valence-electron chi connectivity index (χ2n) is 4.63. The van der Waals surface area contributed by atoms with Crippen molar-refractivity contribution in [2.75, 3.05) is 6.54 Å². The average molecular weight is 294 g/mol. The highest BCUT2D eigenvalue weighted by Crippen LogP contribution is 2.31. The number of thiophene rings is 1. The lowest BCUT2D eigenvalue weighted by Gasteiger charge is -2.17. The molecule has 3 heteroatoms. The molecule has 0 saturated carbocycles. The minimum absolute atomic E-state index is 0.249. The fourth-order valence-corrected chi connectivity index (χ4v) is 3.45. The number of hydrogen-bond donors (Lipinski definition) is 1. The quantitative estimate of drug-likeness (QED) is 0.785. The van der Waals surface area contributed by atoms with E-state index < -0.39 is 0 Å². The fraction of sp³-hybridized carbons (Fsp3) is 0.375. The first-order valence-electron chi connectivity index (χ1n) is 6.82. The number of aryl methyl sites for hydroxylation is 1. The van der Waals surface area contributed by atoms with Crippen molar-refractivity contribution in [2.24, 2.45) is 0 Å². The molecule has 1 nitrogen and oxygen atoms in total. The SMILES string of the molecule is CCCc1cccc(C(NCC)c2ccc(Cl)s2)c1. The fourth-order valence-electron chi connectivity index (χ4n) is 2.29. The van der Waals surface area contributed by atoms with Gasteiger partial charge in [0.15, 0.2) is 0 Å². The van der Waals surface area contributed by atoms with Gasteiger partial charge in [-0.1, -0.05) is 56.1 Å². The Morgan fingerprint density at radius 3 is 2.68 bits per heavy atom. The van der Waals surface area contributed by atoms with Crippen LogP contribution in [0, 0.1) is 0 Å². The first kappa shape index (κ1) is 14.6. The van der Waals surface area contributed by atoms with Crippen LogP contribution in [0.15, 0.2) is 36.4 Å². The second-order valence-corrected chi connectivity index (χ2v) is 6.37. The Kier molecular flexibility index (Phi) is 5.44. The van der Waals surface area contributed by atoms with Gasteiger partial charge in [-0.05, 0) is 36.2 Å². The third-order valence-corrected chi connectivity index (χ3v) is 4.41. The molecule has 0 spiro atoms. The minimum Gasteiger partial charge on any atom is -0.306 e. The molecule has 0 aliphatic carbocycles.